The Morgan fingerprint density at radius 1 is 1.62 bits per heavy atom. The van der Waals surface area contributed by atoms with Gasteiger partial charge >= 0.3 is 0 Å². The van der Waals surface area contributed by atoms with E-state index in [9.17, 15) is 0 Å². The molecule has 1 atom stereocenters. The number of thiophene rings is 1. The molecule has 13 heavy (non-hydrogen) atoms. The molecule has 0 amide bonds. The molecule has 0 spiro atoms. The van der Waals surface area contributed by atoms with E-state index in [0.29, 0.717) is 0 Å². The molecule has 0 aliphatic rings. The topological polar surface area (TPSA) is 12.0 Å². The summed E-state index contributed by atoms with van der Waals surface area (Å²) in [5.74, 6) is 0. The molecule has 0 bridgehead atoms. The maximum atomic E-state index is 5.97. The average Bonchev–Trinajstić information content (AvgIpc) is 2.51. The molecule has 0 saturated carbocycles. The lowest BCUT2D eigenvalue weighted by atomic mass is 10.3. The Kier molecular flexibility index (Phi) is 5.32. The first-order valence-electron chi connectivity index (χ1n) is 4.31. The summed E-state index contributed by atoms with van der Waals surface area (Å²) < 4.78 is 1.18. The summed E-state index contributed by atoms with van der Waals surface area (Å²) in [6.07, 6.45) is 1.02. The fourth-order valence-electron chi connectivity index (χ4n) is 0.943. The van der Waals surface area contributed by atoms with Gasteiger partial charge in [0.25, 0.3) is 0 Å². The van der Waals surface area contributed by atoms with Gasteiger partial charge in [-0.1, -0.05) is 6.92 Å². The van der Waals surface area contributed by atoms with Crippen molar-refractivity contribution in [2.45, 2.75) is 25.3 Å². The molecule has 0 saturated heterocycles. The van der Waals surface area contributed by atoms with Gasteiger partial charge in [-0.2, -0.15) is 0 Å². The van der Waals surface area contributed by atoms with Crippen molar-refractivity contribution in [2.24, 2.45) is 0 Å². The van der Waals surface area contributed by atoms with Crippen molar-refractivity contribution in [1.82, 2.24) is 5.32 Å². The number of rotatable bonds is 5. The van der Waals surface area contributed by atoms with E-state index in [2.05, 4.69) is 40.3 Å². The van der Waals surface area contributed by atoms with Gasteiger partial charge in [-0.05, 0) is 34.5 Å². The molecule has 0 fully saturated rings. The summed E-state index contributed by atoms with van der Waals surface area (Å²) in [6, 6.07) is 4.19. The van der Waals surface area contributed by atoms with Gasteiger partial charge in [0, 0.05) is 23.3 Å². The summed E-state index contributed by atoms with van der Waals surface area (Å²) in [7, 11) is 0. The third-order valence-corrected chi connectivity index (χ3v) is 3.82. The third-order valence-electron chi connectivity index (χ3n) is 1.74. The predicted octanol–water partition coefficient (Wildman–Crippen LogP) is 3.62. The highest BCUT2D eigenvalue weighted by Crippen LogP contribution is 2.21. The number of hydrogen-bond acceptors (Lipinski definition) is 2. The predicted molar refractivity (Wildman–Crippen MR) is 63.7 cm³/mol. The van der Waals surface area contributed by atoms with Crippen LogP contribution in [-0.2, 0) is 6.54 Å². The van der Waals surface area contributed by atoms with E-state index in [-0.39, 0.29) is 5.38 Å². The lowest BCUT2D eigenvalue weighted by molar-refractivity contribution is 0.652. The molecule has 1 unspecified atom stereocenters. The van der Waals surface area contributed by atoms with Gasteiger partial charge in [0.2, 0.25) is 0 Å². The van der Waals surface area contributed by atoms with Crippen LogP contribution in [0.25, 0.3) is 0 Å². The summed E-state index contributed by atoms with van der Waals surface area (Å²) in [6.45, 7) is 3.90. The molecule has 1 heterocycles. The standard InChI is InChI=1S/C9H13BrClNS/c1-2-7(11)5-12-6-8-3-4-9(10)13-8/h3-4,7,12H,2,5-6H2,1H3. The first kappa shape index (κ1) is 11.5. The summed E-state index contributed by atoms with van der Waals surface area (Å²) in [5.41, 5.74) is 0. The van der Waals surface area contributed by atoms with Gasteiger partial charge in [-0.25, -0.2) is 0 Å². The third kappa shape index (κ3) is 4.45. The van der Waals surface area contributed by atoms with E-state index in [1.807, 2.05) is 0 Å². The molecule has 0 radical (unpaired) electrons. The highest BCUT2D eigenvalue weighted by atomic mass is 79.9. The highest BCUT2D eigenvalue weighted by Gasteiger charge is 2.01. The average molecular weight is 283 g/mol. The minimum Gasteiger partial charge on any atom is -0.310 e. The maximum absolute atomic E-state index is 5.97. The van der Waals surface area contributed by atoms with Crippen LogP contribution in [0.15, 0.2) is 15.9 Å². The van der Waals surface area contributed by atoms with Crippen molar-refractivity contribution in [3.63, 3.8) is 0 Å². The smallest absolute Gasteiger partial charge is 0.0701 e. The molecule has 0 aliphatic carbocycles. The number of halogens is 2. The quantitative estimate of drug-likeness (QED) is 0.814. The van der Waals surface area contributed by atoms with Crippen LogP contribution in [0.5, 0.6) is 0 Å². The van der Waals surface area contributed by atoms with Gasteiger partial charge in [0.15, 0.2) is 0 Å². The van der Waals surface area contributed by atoms with E-state index < -0.39 is 0 Å². The summed E-state index contributed by atoms with van der Waals surface area (Å²) in [5, 5.41) is 3.58. The molecule has 1 aromatic rings. The molecule has 4 heteroatoms. The number of hydrogen-bond donors (Lipinski definition) is 1. The fourth-order valence-corrected chi connectivity index (χ4v) is 2.50. The van der Waals surface area contributed by atoms with Gasteiger partial charge in [-0.15, -0.1) is 22.9 Å². The Balaban J connectivity index is 2.20. The molecule has 1 nitrogen and oxygen atoms in total. The van der Waals surface area contributed by atoms with E-state index in [1.54, 1.807) is 11.3 Å². The van der Waals surface area contributed by atoms with E-state index in [4.69, 9.17) is 11.6 Å². The Hall–Kier alpha value is 0.430. The van der Waals surface area contributed by atoms with Gasteiger partial charge in [-0.3, -0.25) is 0 Å². The zero-order chi connectivity index (χ0) is 9.68. The fraction of sp³-hybridized carbons (Fsp3) is 0.556. The molecule has 1 rings (SSSR count). The summed E-state index contributed by atoms with van der Waals surface area (Å²) >= 11 is 11.2. The Bertz CT molecular complexity index is 252. The maximum Gasteiger partial charge on any atom is 0.0701 e. The van der Waals surface area contributed by atoms with E-state index in [1.165, 1.54) is 8.66 Å². The minimum absolute atomic E-state index is 0.253. The van der Waals surface area contributed by atoms with Crippen LogP contribution < -0.4 is 5.32 Å². The lowest BCUT2D eigenvalue weighted by Gasteiger charge is -2.06. The normalized spacial score (nSPS) is 13.2. The van der Waals surface area contributed by atoms with Crippen molar-refractivity contribution in [3.8, 4) is 0 Å². The van der Waals surface area contributed by atoms with Crippen molar-refractivity contribution in [1.29, 1.82) is 0 Å². The Morgan fingerprint density at radius 2 is 2.38 bits per heavy atom. The number of nitrogens with one attached hydrogen (secondary N) is 1. The first-order chi connectivity index (χ1) is 6.22. The largest absolute Gasteiger partial charge is 0.310 e. The van der Waals surface area contributed by atoms with Crippen molar-refractivity contribution in [2.75, 3.05) is 6.54 Å². The zero-order valence-electron chi connectivity index (χ0n) is 7.52. The second kappa shape index (κ2) is 6.02. The Morgan fingerprint density at radius 3 is 2.92 bits per heavy atom. The molecular formula is C9H13BrClNS. The van der Waals surface area contributed by atoms with E-state index in [0.717, 1.165) is 19.5 Å². The minimum atomic E-state index is 0.253. The van der Waals surface area contributed by atoms with Gasteiger partial charge in [0.1, 0.15) is 0 Å². The number of alkyl halides is 1. The lowest BCUT2D eigenvalue weighted by Crippen LogP contribution is -2.21. The van der Waals surface area contributed by atoms with Crippen LogP contribution in [0.3, 0.4) is 0 Å². The molecule has 0 aliphatic heterocycles. The van der Waals surface area contributed by atoms with Gasteiger partial charge in [0.05, 0.1) is 3.79 Å². The van der Waals surface area contributed by atoms with E-state index >= 15 is 0 Å². The molecule has 1 N–H and O–H groups in total. The van der Waals surface area contributed by atoms with Crippen LogP contribution >= 0.6 is 38.9 Å². The van der Waals surface area contributed by atoms with Crippen molar-refractivity contribution >= 4 is 38.9 Å². The van der Waals surface area contributed by atoms with Crippen LogP contribution in [-0.4, -0.2) is 11.9 Å². The second-order valence-electron chi connectivity index (χ2n) is 2.84. The first-order valence-corrected chi connectivity index (χ1v) is 6.36. The van der Waals surface area contributed by atoms with Crippen LogP contribution in [0.4, 0.5) is 0 Å². The summed E-state index contributed by atoms with van der Waals surface area (Å²) in [4.78, 5) is 1.34. The molecule has 74 valence electrons. The molecule has 0 aromatic carbocycles. The second-order valence-corrected chi connectivity index (χ2v) is 6.01. The Labute approximate surface area is 96.6 Å². The zero-order valence-corrected chi connectivity index (χ0v) is 10.7. The van der Waals surface area contributed by atoms with Crippen molar-refractivity contribution in [3.05, 3.63) is 20.8 Å². The molecular weight excluding hydrogens is 270 g/mol. The molecule has 1 aromatic heterocycles. The SMILES string of the molecule is CCC(Cl)CNCc1ccc(Br)s1. The van der Waals surface area contributed by atoms with Crippen LogP contribution in [0.1, 0.15) is 18.2 Å². The van der Waals surface area contributed by atoms with Gasteiger partial charge < -0.3 is 5.32 Å². The monoisotopic (exact) mass is 281 g/mol. The van der Waals surface area contributed by atoms with Crippen LogP contribution in [0, 0.1) is 0 Å². The van der Waals surface area contributed by atoms with Crippen LogP contribution in [0.2, 0.25) is 0 Å². The van der Waals surface area contributed by atoms with Crippen molar-refractivity contribution < 1.29 is 0 Å². The highest BCUT2D eigenvalue weighted by molar-refractivity contribution is 9.11.